The predicted molar refractivity (Wildman–Crippen MR) is 93.0 cm³/mol. The number of phenolic OH excluding ortho intramolecular Hbond substituents is 1. The molecule has 0 saturated carbocycles. The highest BCUT2D eigenvalue weighted by Crippen LogP contribution is 2.21. The van der Waals surface area contributed by atoms with Crippen molar-refractivity contribution in [3.63, 3.8) is 0 Å². The minimum atomic E-state index is -0.396. The van der Waals surface area contributed by atoms with Gasteiger partial charge < -0.3 is 10.4 Å². The van der Waals surface area contributed by atoms with Crippen molar-refractivity contribution < 1.29 is 9.90 Å². The summed E-state index contributed by atoms with van der Waals surface area (Å²) in [5, 5.41) is 15.5. The molecule has 112 valence electrons. The molecule has 0 saturated heterocycles. The van der Waals surface area contributed by atoms with E-state index in [1.54, 1.807) is 36.4 Å². The van der Waals surface area contributed by atoms with Crippen LogP contribution in [0, 0.1) is 0 Å². The van der Waals surface area contributed by atoms with Gasteiger partial charge in [0.25, 0.3) is 0 Å². The fourth-order valence-corrected chi connectivity index (χ4v) is 2.07. The summed E-state index contributed by atoms with van der Waals surface area (Å²) in [6.07, 6.45) is 2.93. The Balaban J connectivity index is 1.93. The van der Waals surface area contributed by atoms with Crippen molar-refractivity contribution in [2.24, 2.45) is 0 Å². The molecule has 0 aromatic heterocycles. The quantitative estimate of drug-likeness (QED) is 0.457. The molecule has 2 aromatic carbocycles. The van der Waals surface area contributed by atoms with Crippen molar-refractivity contribution in [2.75, 3.05) is 5.32 Å². The number of halogens is 1. The van der Waals surface area contributed by atoms with E-state index in [0.29, 0.717) is 10.7 Å². The fraction of sp³-hybridized carbons (Fsp3) is 0. The molecular weight excluding hydrogens is 320 g/mol. The molecule has 22 heavy (non-hydrogen) atoms. The normalized spacial score (nSPS) is 10.4. The van der Waals surface area contributed by atoms with Crippen molar-refractivity contribution in [1.82, 2.24) is 5.32 Å². The van der Waals surface area contributed by atoms with Gasteiger partial charge in [-0.3, -0.25) is 10.1 Å². The van der Waals surface area contributed by atoms with Crippen LogP contribution >= 0.6 is 23.8 Å². The zero-order valence-electron chi connectivity index (χ0n) is 11.4. The second-order valence-electron chi connectivity index (χ2n) is 4.32. The first-order valence-corrected chi connectivity index (χ1v) is 7.17. The highest BCUT2D eigenvalue weighted by Gasteiger charge is 2.04. The van der Waals surface area contributed by atoms with Crippen molar-refractivity contribution in [3.8, 4) is 5.75 Å². The summed E-state index contributed by atoms with van der Waals surface area (Å²) >= 11 is 11.0. The Kier molecular flexibility index (Phi) is 5.52. The number of aromatic hydroxyl groups is 1. The van der Waals surface area contributed by atoms with E-state index < -0.39 is 5.91 Å². The summed E-state index contributed by atoms with van der Waals surface area (Å²) in [5.74, 6) is -0.349. The van der Waals surface area contributed by atoms with Crippen LogP contribution < -0.4 is 10.6 Å². The lowest BCUT2D eigenvalue weighted by Crippen LogP contribution is -2.32. The number of thiocarbonyl (C=S) groups is 1. The van der Waals surface area contributed by atoms with Gasteiger partial charge in [0.05, 0.1) is 5.69 Å². The lowest BCUT2D eigenvalue weighted by Gasteiger charge is -2.09. The van der Waals surface area contributed by atoms with Gasteiger partial charge in [-0.15, -0.1) is 0 Å². The van der Waals surface area contributed by atoms with Gasteiger partial charge >= 0.3 is 0 Å². The second kappa shape index (κ2) is 7.59. The van der Waals surface area contributed by atoms with Gasteiger partial charge in [0.1, 0.15) is 5.75 Å². The van der Waals surface area contributed by atoms with E-state index in [1.165, 1.54) is 12.1 Å². The highest BCUT2D eigenvalue weighted by molar-refractivity contribution is 7.80. The van der Waals surface area contributed by atoms with E-state index in [9.17, 15) is 9.90 Å². The third-order valence-corrected chi connectivity index (χ3v) is 3.26. The Morgan fingerprint density at radius 3 is 2.55 bits per heavy atom. The van der Waals surface area contributed by atoms with Gasteiger partial charge in [0.2, 0.25) is 5.91 Å². The summed E-state index contributed by atoms with van der Waals surface area (Å²) in [4.78, 5) is 11.8. The minimum absolute atomic E-state index is 0.0470. The smallest absolute Gasteiger partial charge is 0.250 e. The molecule has 6 heteroatoms. The molecule has 0 fully saturated rings. The molecule has 0 aliphatic heterocycles. The Hall–Kier alpha value is -2.37. The summed E-state index contributed by atoms with van der Waals surface area (Å²) in [5.41, 5.74) is 1.15. The average Bonchev–Trinajstić information content (AvgIpc) is 2.49. The number of para-hydroxylation sites is 2. The molecule has 0 spiro atoms. The van der Waals surface area contributed by atoms with Crippen LogP contribution in [0.15, 0.2) is 54.6 Å². The molecule has 3 N–H and O–H groups in total. The Morgan fingerprint density at radius 2 is 1.82 bits per heavy atom. The molecule has 2 rings (SSSR count). The number of carbonyl (C=O) groups excluding carboxylic acids is 1. The third kappa shape index (κ3) is 4.58. The van der Waals surface area contributed by atoms with E-state index in [-0.39, 0.29) is 10.9 Å². The molecule has 0 heterocycles. The van der Waals surface area contributed by atoms with Crippen molar-refractivity contribution in [1.29, 1.82) is 0 Å². The number of anilines is 1. The molecule has 2 aromatic rings. The number of benzene rings is 2. The van der Waals surface area contributed by atoms with E-state index >= 15 is 0 Å². The number of hydrogen-bond donors (Lipinski definition) is 3. The van der Waals surface area contributed by atoms with Crippen molar-refractivity contribution >= 4 is 46.6 Å². The molecule has 4 nitrogen and oxygen atoms in total. The number of phenols is 1. The van der Waals surface area contributed by atoms with Gasteiger partial charge in [0, 0.05) is 11.1 Å². The summed E-state index contributed by atoms with van der Waals surface area (Å²) < 4.78 is 0. The number of carbonyl (C=O) groups is 1. The molecular formula is C16H13ClN2O2S. The van der Waals surface area contributed by atoms with Crippen LogP contribution in [0.3, 0.4) is 0 Å². The van der Waals surface area contributed by atoms with Gasteiger partial charge in [-0.2, -0.15) is 0 Å². The molecule has 0 atom stereocenters. The highest BCUT2D eigenvalue weighted by atomic mass is 35.5. The van der Waals surface area contributed by atoms with Gasteiger partial charge in [-0.25, -0.2) is 0 Å². The Bertz CT molecular complexity index is 732. The lowest BCUT2D eigenvalue weighted by atomic mass is 10.2. The van der Waals surface area contributed by atoms with Crippen LogP contribution in [0.5, 0.6) is 5.75 Å². The molecule has 0 radical (unpaired) electrons. The first kappa shape index (κ1) is 16.0. The maximum atomic E-state index is 11.8. The topological polar surface area (TPSA) is 61.4 Å². The van der Waals surface area contributed by atoms with Crippen molar-refractivity contribution in [3.05, 3.63) is 65.2 Å². The zero-order chi connectivity index (χ0) is 15.9. The lowest BCUT2D eigenvalue weighted by molar-refractivity contribution is -0.115. The van der Waals surface area contributed by atoms with Crippen LogP contribution in [0.1, 0.15) is 5.56 Å². The summed E-state index contributed by atoms with van der Waals surface area (Å²) in [6, 6.07) is 13.8. The molecule has 1 amide bonds. The van der Waals surface area contributed by atoms with Crippen LogP contribution in [-0.4, -0.2) is 16.1 Å². The van der Waals surface area contributed by atoms with Gasteiger partial charge in [0.15, 0.2) is 5.11 Å². The predicted octanol–water partition coefficient (Wildman–Crippen LogP) is 3.57. The van der Waals surface area contributed by atoms with Crippen LogP contribution in [0.25, 0.3) is 6.08 Å². The number of amides is 1. The van der Waals surface area contributed by atoms with Crippen molar-refractivity contribution in [2.45, 2.75) is 0 Å². The maximum Gasteiger partial charge on any atom is 0.250 e. The molecule has 0 bridgehead atoms. The minimum Gasteiger partial charge on any atom is -0.506 e. The van der Waals surface area contributed by atoms with Gasteiger partial charge in [-0.05, 0) is 42.1 Å². The number of nitrogens with one attached hydrogen (secondary N) is 2. The van der Waals surface area contributed by atoms with E-state index in [4.69, 9.17) is 23.8 Å². The molecule has 0 unspecified atom stereocenters. The molecule has 0 aliphatic carbocycles. The molecule has 0 aliphatic rings. The second-order valence-corrected chi connectivity index (χ2v) is 5.13. The first-order valence-electron chi connectivity index (χ1n) is 6.39. The Morgan fingerprint density at radius 1 is 1.14 bits per heavy atom. The fourth-order valence-electron chi connectivity index (χ4n) is 1.66. The number of rotatable bonds is 3. The third-order valence-electron chi connectivity index (χ3n) is 2.71. The maximum absolute atomic E-state index is 11.8. The van der Waals surface area contributed by atoms with Crippen LogP contribution in [-0.2, 0) is 4.79 Å². The monoisotopic (exact) mass is 332 g/mol. The summed E-state index contributed by atoms with van der Waals surface area (Å²) in [6.45, 7) is 0. The van der Waals surface area contributed by atoms with Gasteiger partial charge in [-0.1, -0.05) is 41.9 Å². The first-order chi connectivity index (χ1) is 10.6. The van der Waals surface area contributed by atoms with E-state index in [0.717, 1.165) is 5.56 Å². The van der Waals surface area contributed by atoms with Crippen LogP contribution in [0.2, 0.25) is 5.02 Å². The zero-order valence-corrected chi connectivity index (χ0v) is 13.0. The van der Waals surface area contributed by atoms with E-state index in [2.05, 4.69) is 10.6 Å². The Labute approximate surface area is 138 Å². The standard InChI is InChI=1S/C16H13ClN2O2S/c17-12-6-2-1-5-11(12)9-10-15(21)19-16(22)18-13-7-3-4-8-14(13)20/h1-10,20H,(H2,18,19,21,22). The largest absolute Gasteiger partial charge is 0.506 e. The van der Waals surface area contributed by atoms with Crippen LogP contribution in [0.4, 0.5) is 5.69 Å². The van der Waals surface area contributed by atoms with E-state index in [1.807, 2.05) is 12.1 Å². The average molecular weight is 333 g/mol. The summed E-state index contributed by atoms with van der Waals surface area (Å²) in [7, 11) is 0. The number of hydrogen-bond acceptors (Lipinski definition) is 3. The SMILES string of the molecule is O=C(C=Cc1ccccc1Cl)NC(=S)Nc1ccccc1O.